The summed E-state index contributed by atoms with van der Waals surface area (Å²) in [5.41, 5.74) is 7.70. The van der Waals surface area contributed by atoms with E-state index in [0.29, 0.717) is 17.7 Å². The highest BCUT2D eigenvalue weighted by Crippen LogP contribution is 2.39. The number of aryl methyl sites for hydroxylation is 1. The number of fused-ring (bicyclic) bond motifs is 1. The number of hydrogen-bond donors (Lipinski definition) is 1. The van der Waals surface area contributed by atoms with Crippen molar-refractivity contribution in [3.63, 3.8) is 0 Å². The number of carbonyl (C=O) groups is 2. The van der Waals surface area contributed by atoms with Crippen LogP contribution >= 0.6 is 0 Å². The Morgan fingerprint density at radius 3 is 2.58 bits per heavy atom. The van der Waals surface area contributed by atoms with E-state index in [4.69, 9.17) is 5.73 Å². The molecule has 0 radical (unpaired) electrons. The van der Waals surface area contributed by atoms with Crippen LogP contribution in [0, 0.1) is 12.7 Å². The van der Waals surface area contributed by atoms with Crippen LogP contribution < -0.4 is 10.6 Å². The molecule has 4 nitrogen and oxygen atoms in total. The lowest BCUT2D eigenvalue weighted by Gasteiger charge is -2.38. The van der Waals surface area contributed by atoms with Gasteiger partial charge in [-0.25, -0.2) is 4.39 Å². The highest BCUT2D eigenvalue weighted by molar-refractivity contribution is 6.08. The van der Waals surface area contributed by atoms with Crippen molar-refractivity contribution in [2.24, 2.45) is 5.73 Å². The van der Waals surface area contributed by atoms with Crippen molar-refractivity contribution in [3.8, 4) is 0 Å². The molecule has 2 amide bonds. The van der Waals surface area contributed by atoms with E-state index in [1.165, 1.54) is 6.07 Å². The minimum atomic E-state index is -0.421. The average Bonchev–Trinajstić information content (AvgIpc) is 2.56. The maximum absolute atomic E-state index is 13.8. The molecule has 0 bridgehead atoms. The normalized spacial score (nSPS) is 19.7. The van der Waals surface area contributed by atoms with Crippen LogP contribution in [-0.2, 0) is 4.79 Å². The van der Waals surface area contributed by atoms with Gasteiger partial charge in [0, 0.05) is 17.3 Å². The van der Waals surface area contributed by atoms with Gasteiger partial charge in [0.05, 0.1) is 5.92 Å². The minimum Gasteiger partial charge on any atom is -0.369 e. The minimum absolute atomic E-state index is 0.214. The van der Waals surface area contributed by atoms with Gasteiger partial charge in [-0.15, -0.1) is 0 Å². The molecule has 0 saturated carbocycles. The van der Waals surface area contributed by atoms with Gasteiger partial charge in [0.25, 0.3) is 5.91 Å². The summed E-state index contributed by atoms with van der Waals surface area (Å²) >= 11 is 0. The van der Waals surface area contributed by atoms with Gasteiger partial charge in [0.15, 0.2) is 0 Å². The fourth-order valence-electron chi connectivity index (χ4n) is 3.26. The molecular weight excluding hydrogens is 307 g/mol. The van der Waals surface area contributed by atoms with Crippen LogP contribution in [0.25, 0.3) is 0 Å². The van der Waals surface area contributed by atoms with Crippen molar-refractivity contribution in [1.82, 2.24) is 0 Å². The van der Waals surface area contributed by atoms with Gasteiger partial charge in [-0.1, -0.05) is 24.3 Å². The highest BCUT2D eigenvalue weighted by Gasteiger charge is 2.36. The van der Waals surface area contributed by atoms with Gasteiger partial charge in [-0.3, -0.25) is 9.59 Å². The molecule has 0 unspecified atom stereocenters. The van der Waals surface area contributed by atoms with E-state index in [-0.39, 0.29) is 17.5 Å². The number of benzene rings is 2. The molecule has 0 fully saturated rings. The number of nitrogens with two attached hydrogens (primary N) is 1. The number of primary amides is 1. The first kappa shape index (κ1) is 16.2. The third kappa shape index (κ3) is 2.66. The van der Waals surface area contributed by atoms with Gasteiger partial charge < -0.3 is 10.6 Å². The summed E-state index contributed by atoms with van der Waals surface area (Å²) in [5.74, 6) is -1.51. The second-order valence-electron chi connectivity index (χ2n) is 6.24. The molecule has 2 aromatic rings. The lowest BCUT2D eigenvalue weighted by atomic mass is 9.85. The van der Waals surface area contributed by atoms with Crippen molar-refractivity contribution in [1.29, 1.82) is 0 Å². The smallest absolute Gasteiger partial charge is 0.258 e. The first-order chi connectivity index (χ1) is 11.4. The summed E-state index contributed by atoms with van der Waals surface area (Å²) in [7, 11) is 0. The van der Waals surface area contributed by atoms with Gasteiger partial charge in [-0.05, 0) is 49.6 Å². The Bertz CT molecular complexity index is 819. The molecule has 3 rings (SSSR count). The lowest BCUT2D eigenvalue weighted by Crippen LogP contribution is -2.45. The number of hydrogen-bond acceptors (Lipinski definition) is 2. The van der Waals surface area contributed by atoms with E-state index in [2.05, 4.69) is 0 Å². The van der Waals surface area contributed by atoms with Crippen LogP contribution in [0.4, 0.5) is 10.1 Å². The standard InChI is InChI=1S/C19H19FN2O2/c1-11-7-8-13(10-16(11)20)19(24)22-12(2)9-15(18(21)23)14-5-3-4-6-17(14)22/h3-8,10,12,15H,9H2,1-2H3,(H2,21,23)/t12-,15+/m1/s1. The zero-order valence-electron chi connectivity index (χ0n) is 13.6. The molecule has 1 heterocycles. The summed E-state index contributed by atoms with van der Waals surface area (Å²) in [6.45, 7) is 3.52. The van der Waals surface area contributed by atoms with Gasteiger partial charge in [0.1, 0.15) is 5.82 Å². The molecule has 0 saturated heterocycles. The number of amides is 2. The SMILES string of the molecule is Cc1ccc(C(=O)N2c3ccccc3[C@@H](C(N)=O)C[C@H]2C)cc1F. The zero-order chi connectivity index (χ0) is 17.4. The fourth-order valence-corrected chi connectivity index (χ4v) is 3.26. The summed E-state index contributed by atoms with van der Waals surface area (Å²) in [6, 6.07) is 11.5. The number of halogens is 1. The van der Waals surface area contributed by atoms with Crippen molar-refractivity contribution >= 4 is 17.5 Å². The molecule has 2 atom stereocenters. The summed E-state index contributed by atoms with van der Waals surface area (Å²) in [5, 5.41) is 0. The summed E-state index contributed by atoms with van der Waals surface area (Å²) in [6.07, 6.45) is 0.451. The number of rotatable bonds is 2. The van der Waals surface area contributed by atoms with Crippen LogP contribution in [0.5, 0.6) is 0 Å². The maximum atomic E-state index is 13.8. The first-order valence-corrected chi connectivity index (χ1v) is 7.88. The zero-order valence-corrected chi connectivity index (χ0v) is 13.6. The van der Waals surface area contributed by atoms with E-state index >= 15 is 0 Å². The summed E-state index contributed by atoms with van der Waals surface area (Å²) in [4.78, 5) is 26.3. The van der Waals surface area contributed by atoms with Crippen LogP contribution in [0.15, 0.2) is 42.5 Å². The maximum Gasteiger partial charge on any atom is 0.258 e. The summed E-state index contributed by atoms with van der Waals surface area (Å²) < 4.78 is 13.8. The molecule has 0 aromatic heterocycles. The third-order valence-electron chi connectivity index (χ3n) is 4.57. The predicted octanol–water partition coefficient (Wildman–Crippen LogP) is 3.14. The van der Waals surface area contributed by atoms with Gasteiger partial charge in [-0.2, -0.15) is 0 Å². The molecule has 0 spiro atoms. The third-order valence-corrected chi connectivity index (χ3v) is 4.57. The quantitative estimate of drug-likeness (QED) is 0.921. The monoisotopic (exact) mass is 326 g/mol. The molecule has 24 heavy (non-hydrogen) atoms. The van der Waals surface area contributed by atoms with Crippen molar-refractivity contribution in [3.05, 3.63) is 65.0 Å². The van der Waals surface area contributed by atoms with Crippen LogP contribution in [-0.4, -0.2) is 17.9 Å². The molecule has 2 aromatic carbocycles. The van der Waals surface area contributed by atoms with E-state index in [1.807, 2.05) is 25.1 Å². The Balaban J connectivity index is 2.06. The number of nitrogens with zero attached hydrogens (tertiary/aromatic N) is 1. The Morgan fingerprint density at radius 1 is 1.21 bits per heavy atom. The molecule has 0 aliphatic carbocycles. The molecular formula is C19H19FN2O2. The topological polar surface area (TPSA) is 63.4 Å². The molecule has 5 heteroatoms. The molecule has 124 valence electrons. The predicted molar refractivity (Wildman–Crippen MR) is 90.4 cm³/mol. The number of carbonyl (C=O) groups excluding carboxylic acids is 2. The average molecular weight is 326 g/mol. The van der Waals surface area contributed by atoms with Crippen molar-refractivity contribution in [2.75, 3.05) is 4.90 Å². The molecule has 1 aliphatic heterocycles. The van der Waals surface area contributed by atoms with E-state index in [0.717, 1.165) is 5.56 Å². The van der Waals surface area contributed by atoms with Gasteiger partial charge in [0.2, 0.25) is 5.91 Å². The second-order valence-corrected chi connectivity index (χ2v) is 6.24. The number of anilines is 1. The highest BCUT2D eigenvalue weighted by atomic mass is 19.1. The Hall–Kier alpha value is -2.69. The number of para-hydroxylation sites is 1. The fraction of sp³-hybridized carbons (Fsp3) is 0.263. The molecule has 2 N–H and O–H groups in total. The van der Waals surface area contributed by atoms with Crippen molar-refractivity contribution in [2.45, 2.75) is 32.2 Å². The van der Waals surface area contributed by atoms with Crippen molar-refractivity contribution < 1.29 is 14.0 Å². The van der Waals surface area contributed by atoms with E-state index in [9.17, 15) is 14.0 Å². The van der Waals surface area contributed by atoms with Crippen LogP contribution in [0.2, 0.25) is 0 Å². The Labute approximate surface area is 140 Å². The Kier molecular flexibility index (Phi) is 4.09. The molecule has 1 aliphatic rings. The Morgan fingerprint density at radius 2 is 1.92 bits per heavy atom. The lowest BCUT2D eigenvalue weighted by molar-refractivity contribution is -0.119. The van der Waals surface area contributed by atoms with Crippen LogP contribution in [0.1, 0.15) is 40.7 Å². The van der Waals surface area contributed by atoms with E-state index in [1.54, 1.807) is 30.0 Å². The first-order valence-electron chi connectivity index (χ1n) is 7.88. The van der Waals surface area contributed by atoms with Gasteiger partial charge >= 0.3 is 0 Å². The van der Waals surface area contributed by atoms with E-state index < -0.39 is 17.6 Å². The second kappa shape index (κ2) is 6.07. The largest absolute Gasteiger partial charge is 0.369 e. The van der Waals surface area contributed by atoms with Crippen LogP contribution in [0.3, 0.4) is 0 Å².